The highest BCUT2D eigenvalue weighted by Gasteiger charge is 2.35. The molecule has 2 unspecified atom stereocenters. The van der Waals surface area contributed by atoms with Gasteiger partial charge in [0, 0.05) is 18.2 Å². The molecule has 1 aliphatic heterocycles. The fourth-order valence-corrected chi connectivity index (χ4v) is 2.87. The van der Waals surface area contributed by atoms with Crippen LogP contribution in [0, 0.1) is 0 Å². The van der Waals surface area contributed by atoms with E-state index in [-0.39, 0.29) is 23.1 Å². The molecular formula is C17H34N2O2. The maximum atomic E-state index is 12.3. The number of rotatable bonds is 7. The molecule has 0 radical (unpaired) electrons. The lowest BCUT2D eigenvalue weighted by molar-refractivity contribution is -0.126. The third-order valence-electron chi connectivity index (χ3n) is 5.01. The molecular weight excluding hydrogens is 264 g/mol. The minimum atomic E-state index is -0.162. The second-order valence-electron chi connectivity index (χ2n) is 7.04. The molecule has 1 heterocycles. The van der Waals surface area contributed by atoms with Crippen LogP contribution in [0.15, 0.2) is 0 Å². The van der Waals surface area contributed by atoms with Crippen LogP contribution >= 0.6 is 0 Å². The van der Waals surface area contributed by atoms with Crippen LogP contribution in [0.1, 0.15) is 73.6 Å². The summed E-state index contributed by atoms with van der Waals surface area (Å²) in [5.41, 5.74) is -0.145. The fourth-order valence-electron chi connectivity index (χ4n) is 2.87. The zero-order chi connectivity index (χ0) is 16.1. The first-order chi connectivity index (χ1) is 9.77. The summed E-state index contributed by atoms with van der Waals surface area (Å²) in [5.74, 6) is 0.0898. The number of hydrogen-bond donors (Lipinski definition) is 2. The Bertz CT molecular complexity index is 338. The summed E-state index contributed by atoms with van der Waals surface area (Å²) >= 11 is 0. The Hall–Kier alpha value is -0.610. The minimum absolute atomic E-state index is 0.00516. The standard InChI is InChI=1S/C17H34N2O2/c1-7-16(5,6)19-15(20)13(4)18-14-10-11-21-17(8-2,9-3)12-14/h13-14,18H,7-12H2,1-6H3,(H,19,20). The summed E-state index contributed by atoms with van der Waals surface area (Å²) in [5, 5.41) is 6.61. The third-order valence-corrected chi connectivity index (χ3v) is 5.01. The highest BCUT2D eigenvalue weighted by molar-refractivity contribution is 5.82. The highest BCUT2D eigenvalue weighted by Crippen LogP contribution is 2.31. The second-order valence-corrected chi connectivity index (χ2v) is 7.04. The Kier molecular flexibility index (Phi) is 6.67. The number of ether oxygens (including phenoxy) is 1. The molecule has 0 spiro atoms. The first kappa shape index (κ1) is 18.4. The van der Waals surface area contributed by atoms with Crippen LogP contribution in [-0.2, 0) is 9.53 Å². The lowest BCUT2D eigenvalue weighted by atomic mass is 9.85. The van der Waals surface area contributed by atoms with Gasteiger partial charge in [-0.25, -0.2) is 0 Å². The van der Waals surface area contributed by atoms with E-state index in [0.29, 0.717) is 6.04 Å². The van der Waals surface area contributed by atoms with Crippen molar-refractivity contribution >= 4 is 5.91 Å². The van der Waals surface area contributed by atoms with E-state index in [4.69, 9.17) is 4.74 Å². The summed E-state index contributed by atoms with van der Waals surface area (Å²) in [6.07, 6.45) is 4.97. The van der Waals surface area contributed by atoms with Crippen LogP contribution < -0.4 is 10.6 Å². The second kappa shape index (κ2) is 7.59. The number of amides is 1. The van der Waals surface area contributed by atoms with Crippen molar-refractivity contribution < 1.29 is 9.53 Å². The highest BCUT2D eigenvalue weighted by atomic mass is 16.5. The molecule has 0 aromatic carbocycles. The molecule has 4 nitrogen and oxygen atoms in total. The number of nitrogens with one attached hydrogen (secondary N) is 2. The quantitative estimate of drug-likeness (QED) is 0.759. The van der Waals surface area contributed by atoms with Gasteiger partial charge in [0.25, 0.3) is 0 Å². The monoisotopic (exact) mass is 298 g/mol. The van der Waals surface area contributed by atoms with Crippen LogP contribution in [0.4, 0.5) is 0 Å². The molecule has 1 rings (SSSR count). The van der Waals surface area contributed by atoms with E-state index >= 15 is 0 Å². The van der Waals surface area contributed by atoms with Gasteiger partial charge in [0.1, 0.15) is 0 Å². The summed E-state index contributed by atoms with van der Waals surface area (Å²) in [7, 11) is 0. The average molecular weight is 298 g/mol. The molecule has 1 aliphatic rings. The van der Waals surface area contributed by atoms with Crippen LogP contribution in [0.2, 0.25) is 0 Å². The van der Waals surface area contributed by atoms with Crippen LogP contribution in [0.25, 0.3) is 0 Å². The lowest BCUT2D eigenvalue weighted by Crippen LogP contribution is -2.55. The van der Waals surface area contributed by atoms with Crippen molar-refractivity contribution in [1.29, 1.82) is 0 Å². The van der Waals surface area contributed by atoms with Crippen molar-refractivity contribution in [3.8, 4) is 0 Å². The molecule has 124 valence electrons. The topological polar surface area (TPSA) is 50.4 Å². The van der Waals surface area contributed by atoms with Gasteiger partial charge in [0.15, 0.2) is 0 Å². The molecule has 1 saturated heterocycles. The van der Waals surface area contributed by atoms with Crippen LogP contribution in [-0.4, -0.2) is 35.7 Å². The van der Waals surface area contributed by atoms with E-state index in [2.05, 4.69) is 45.3 Å². The molecule has 4 heteroatoms. The van der Waals surface area contributed by atoms with Crippen molar-refractivity contribution in [2.24, 2.45) is 0 Å². The number of hydrogen-bond acceptors (Lipinski definition) is 3. The molecule has 0 bridgehead atoms. The summed E-state index contributed by atoms with van der Waals surface area (Å²) in [4.78, 5) is 12.3. The molecule has 1 amide bonds. The normalized spacial score (nSPS) is 23.6. The first-order valence-corrected chi connectivity index (χ1v) is 8.49. The summed E-state index contributed by atoms with van der Waals surface area (Å²) in [6, 6.07) is 0.203. The minimum Gasteiger partial charge on any atom is -0.375 e. The molecule has 1 fully saturated rings. The Morgan fingerprint density at radius 2 is 1.95 bits per heavy atom. The van der Waals surface area contributed by atoms with Crippen molar-refractivity contribution in [1.82, 2.24) is 10.6 Å². The van der Waals surface area contributed by atoms with E-state index in [9.17, 15) is 4.79 Å². The van der Waals surface area contributed by atoms with E-state index in [1.165, 1.54) is 0 Å². The van der Waals surface area contributed by atoms with Crippen molar-refractivity contribution in [2.45, 2.75) is 96.9 Å². The van der Waals surface area contributed by atoms with Gasteiger partial charge >= 0.3 is 0 Å². The zero-order valence-electron chi connectivity index (χ0n) is 14.7. The van der Waals surface area contributed by atoms with Gasteiger partial charge in [-0.2, -0.15) is 0 Å². The molecule has 2 atom stereocenters. The predicted octanol–water partition coefficient (Wildman–Crippen LogP) is 3.01. The van der Waals surface area contributed by atoms with Gasteiger partial charge in [-0.05, 0) is 52.9 Å². The average Bonchev–Trinajstić information content (AvgIpc) is 2.46. The Labute approximate surface area is 130 Å². The Morgan fingerprint density at radius 3 is 2.48 bits per heavy atom. The van der Waals surface area contributed by atoms with E-state index in [0.717, 1.165) is 38.7 Å². The first-order valence-electron chi connectivity index (χ1n) is 8.49. The molecule has 2 N–H and O–H groups in total. The van der Waals surface area contributed by atoms with Crippen LogP contribution in [0.3, 0.4) is 0 Å². The summed E-state index contributed by atoms with van der Waals surface area (Å²) in [6.45, 7) is 13.3. The van der Waals surface area contributed by atoms with Gasteiger partial charge in [-0.15, -0.1) is 0 Å². The SMILES string of the molecule is CCC(C)(C)NC(=O)C(C)NC1CCOC(CC)(CC)C1. The third kappa shape index (κ3) is 5.26. The van der Waals surface area contributed by atoms with E-state index in [1.807, 2.05) is 6.92 Å². The van der Waals surface area contributed by atoms with Crippen molar-refractivity contribution in [3.63, 3.8) is 0 Å². The number of carbonyl (C=O) groups is 1. The van der Waals surface area contributed by atoms with E-state index in [1.54, 1.807) is 0 Å². The molecule has 0 saturated carbocycles. The molecule has 0 aromatic heterocycles. The Balaban J connectivity index is 2.54. The van der Waals surface area contributed by atoms with E-state index < -0.39 is 0 Å². The van der Waals surface area contributed by atoms with Gasteiger partial charge in [-0.3, -0.25) is 4.79 Å². The maximum absolute atomic E-state index is 12.3. The molecule has 21 heavy (non-hydrogen) atoms. The zero-order valence-corrected chi connectivity index (χ0v) is 14.7. The lowest BCUT2D eigenvalue weighted by Gasteiger charge is -2.41. The largest absolute Gasteiger partial charge is 0.375 e. The predicted molar refractivity (Wildman–Crippen MR) is 87.4 cm³/mol. The smallest absolute Gasteiger partial charge is 0.237 e. The molecule has 0 aliphatic carbocycles. The van der Waals surface area contributed by atoms with Gasteiger partial charge in [0.05, 0.1) is 11.6 Å². The van der Waals surface area contributed by atoms with Crippen molar-refractivity contribution in [2.75, 3.05) is 6.61 Å². The maximum Gasteiger partial charge on any atom is 0.237 e. The Morgan fingerprint density at radius 1 is 1.33 bits per heavy atom. The number of carbonyl (C=O) groups excluding carboxylic acids is 1. The van der Waals surface area contributed by atoms with Crippen molar-refractivity contribution in [3.05, 3.63) is 0 Å². The summed E-state index contributed by atoms with van der Waals surface area (Å²) < 4.78 is 5.99. The molecule has 0 aromatic rings. The van der Waals surface area contributed by atoms with Crippen LogP contribution in [0.5, 0.6) is 0 Å². The van der Waals surface area contributed by atoms with Gasteiger partial charge in [-0.1, -0.05) is 20.8 Å². The fraction of sp³-hybridized carbons (Fsp3) is 0.941. The van der Waals surface area contributed by atoms with Gasteiger partial charge in [0.2, 0.25) is 5.91 Å². The van der Waals surface area contributed by atoms with Gasteiger partial charge < -0.3 is 15.4 Å².